The van der Waals surface area contributed by atoms with Gasteiger partial charge in [-0.05, 0) is 38.0 Å². The molecule has 1 atom stereocenters. The molecular formula is C18H29NO4S. The Morgan fingerprint density at radius 3 is 2.12 bits per heavy atom. The third kappa shape index (κ3) is 5.82. The van der Waals surface area contributed by atoms with Crippen LogP contribution in [0, 0.1) is 5.41 Å². The molecule has 6 heteroatoms. The Hall–Kier alpha value is -1.56. The van der Waals surface area contributed by atoms with E-state index in [9.17, 15) is 13.2 Å². The third-order valence-electron chi connectivity index (χ3n) is 3.88. The molecule has 1 amide bonds. The molecule has 136 valence electrons. The van der Waals surface area contributed by atoms with Crippen molar-refractivity contribution in [2.75, 3.05) is 5.75 Å². The summed E-state index contributed by atoms with van der Waals surface area (Å²) in [4.78, 5) is 14.6. The molecule has 0 N–H and O–H groups in total. The summed E-state index contributed by atoms with van der Waals surface area (Å²) in [6.07, 6.45) is 0.873. The predicted molar refractivity (Wildman–Crippen MR) is 96.3 cm³/mol. The molecular weight excluding hydrogens is 326 g/mol. The van der Waals surface area contributed by atoms with Crippen LogP contribution in [0.3, 0.4) is 0 Å². The second-order valence-corrected chi connectivity index (χ2v) is 8.87. The number of hydrogen-bond donors (Lipinski definition) is 0. The number of benzene rings is 1. The van der Waals surface area contributed by atoms with Crippen LogP contribution < -0.4 is 4.18 Å². The number of carbonyl (C=O) groups excluding carboxylic acids is 1. The zero-order valence-electron chi connectivity index (χ0n) is 15.5. The van der Waals surface area contributed by atoms with Crippen LogP contribution in [0.25, 0.3) is 0 Å². The van der Waals surface area contributed by atoms with Crippen molar-refractivity contribution < 1.29 is 17.4 Å². The van der Waals surface area contributed by atoms with E-state index in [4.69, 9.17) is 4.18 Å². The van der Waals surface area contributed by atoms with E-state index in [0.717, 1.165) is 12.0 Å². The first kappa shape index (κ1) is 20.5. The summed E-state index contributed by atoms with van der Waals surface area (Å²) in [7, 11) is -3.52. The first-order chi connectivity index (χ1) is 11.0. The van der Waals surface area contributed by atoms with E-state index in [1.165, 1.54) is 6.92 Å². The maximum absolute atomic E-state index is 12.7. The van der Waals surface area contributed by atoms with E-state index in [2.05, 4.69) is 6.92 Å². The van der Waals surface area contributed by atoms with Gasteiger partial charge in [0, 0.05) is 18.0 Å². The Morgan fingerprint density at radius 2 is 1.71 bits per heavy atom. The zero-order valence-corrected chi connectivity index (χ0v) is 16.3. The molecule has 5 nitrogen and oxygen atoms in total. The number of nitrogens with zero attached hydrogens (tertiary/aromatic N) is 1. The quantitative estimate of drug-likeness (QED) is 0.701. The molecule has 0 radical (unpaired) electrons. The molecule has 0 aliphatic rings. The highest BCUT2D eigenvalue weighted by molar-refractivity contribution is 7.87. The summed E-state index contributed by atoms with van der Waals surface area (Å²) in [5.74, 6) is 0.319. The molecule has 1 rings (SSSR count). The number of amides is 1. The fraction of sp³-hybridized carbons (Fsp3) is 0.611. The van der Waals surface area contributed by atoms with Crippen LogP contribution >= 0.6 is 0 Å². The summed E-state index contributed by atoms with van der Waals surface area (Å²) in [6, 6.07) is 6.98. The number of hydrogen-bond acceptors (Lipinski definition) is 4. The Labute approximate surface area is 146 Å². The normalized spacial score (nSPS) is 13.4. The van der Waals surface area contributed by atoms with Crippen molar-refractivity contribution in [1.82, 2.24) is 4.90 Å². The number of rotatable bonds is 7. The molecule has 1 aromatic carbocycles. The highest BCUT2D eigenvalue weighted by atomic mass is 32.2. The Kier molecular flexibility index (Phi) is 6.84. The molecule has 1 aromatic rings. The van der Waals surface area contributed by atoms with Crippen LogP contribution in [0.1, 0.15) is 53.5 Å². The van der Waals surface area contributed by atoms with Gasteiger partial charge >= 0.3 is 10.1 Å². The van der Waals surface area contributed by atoms with E-state index in [-0.39, 0.29) is 23.5 Å². The van der Waals surface area contributed by atoms with Gasteiger partial charge in [-0.15, -0.1) is 0 Å². The maximum Gasteiger partial charge on any atom is 0.308 e. The Bertz CT molecular complexity index is 645. The van der Waals surface area contributed by atoms with Gasteiger partial charge < -0.3 is 9.08 Å². The van der Waals surface area contributed by atoms with E-state index in [0.29, 0.717) is 6.54 Å². The van der Waals surface area contributed by atoms with E-state index in [1.807, 2.05) is 32.6 Å². The van der Waals surface area contributed by atoms with Crippen molar-refractivity contribution in [2.45, 2.75) is 60.5 Å². The van der Waals surface area contributed by atoms with Gasteiger partial charge in [-0.25, -0.2) is 0 Å². The van der Waals surface area contributed by atoms with Crippen LogP contribution in [0.15, 0.2) is 24.3 Å². The van der Waals surface area contributed by atoms with Gasteiger partial charge in [0.05, 0.1) is 5.75 Å². The van der Waals surface area contributed by atoms with E-state index in [1.54, 1.807) is 24.3 Å². The highest BCUT2D eigenvalue weighted by Crippen LogP contribution is 2.23. The molecule has 0 aliphatic carbocycles. The molecule has 0 saturated heterocycles. The minimum atomic E-state index is -3.52. The molecule has 0 heterocycles. The molecule has 24 heavy (non-hydrogen) atoms. The Morgan fingerprint density at radius 1 is 1.17 bits per heavy atom. The van der Waals surface area contributed by atoms with Gasteiger partial charge in [-0.3, -0.25) is 4.79 Å². The predicted octanol–water partition coefficient (Wildman–Crippen LogP) is 3.59. The first-order valence-electron chi connectivity index (χ1n) is 8.32. The van der Waals surface area contributed by atoms with Crippen LogP contribution in [0.4, 0.5) is 0 Å². The van der Waals surface area contributed by atoms with Crippen molar-refractivity contribution in [3.05, 3.63) is 29.8 Å². The lowest BCUT2D eigenvalue weighted by Gasteiger charge is -2.34. The lowest BCUT2D eigenvalue weighted by Crippen LogP contribution is -2.44. The molecule has 0 fully saturated rings. The molecule has 0 aliphatic heterocycles. The zero-order chi connectivity index (χ0) is 18.5. The van der Waals surface area contributed by atoms with Gasteiger partial charge in [-0.2, -0.15) is 8.42 Å². The topological polar surface area (TPSA) is 63.7 Å². The van der Waals surface area contributed by atoms with Crippen molar-refractivity contribution in [2.24, 2.45) is 5.41 Å². The lowest BCUT2D eigenvalue weighted by atomic mass is 9.93. The fourth-order valence-electron chi connectivity index (χ4n) is 2.13. The molecule has 0 bridgehead atoms. The monoisotopic (exact) mass is 355 g/mol. The second kappa shape index (κ2) is 8.01. The molecule has 0 unspecified atom stereocenters. The summed E-state index contributed by atoms with van der Waals surface area (Å²) < 4.78 is 27.9. The standard InChI is InChI=1S/C18H29NO4S/c1-7-14(3)19(17(20)18(4,5)6)13-15-9-11-16(12-10-15)23-24(21,22)8-2/h9-12,14H,7-8,13H2,1-6H3/t14-/m1/s1. The minimum absolute atomic E-state index is 0.0728. The van der Waals surface area contributed by atoms with Crippen LogP contribution in [0.5, 0.6) is 5.75 Å². The van der Waals surface area contributed by atoms with Crippen molar-refractivity contribution in [1.29, 1.82) is 0 Å². The van der Waals surface area contributed by atoms with Gasteiger partial charge in [0.2, 0.25) is 5.91 Å². The molecule has 0 saturated carbocycles. The smallest absolute Gasteiger partial charge is 0.308 e. The van der Waals surface area contributed by atoms with Crippen LogP contribution in [0.2, 0.25) is 0 Å². The van der Waals surface area contributed by atoms with Gasteiger partial charge in [-0.1, -0.05) is 39.8 Å². The second-order valence-electron chi connectivity index (χ2n) is 7.01. The SMILES string of the molecule is CC[C@@H](C)N(Cc1ccc(OS(=O)(=O)CC)cc1)C(=O)C(C)(C)C. The minimum Gasteiger partial charge on any atom is -0.382 e. The maximum atomic E-state index is 12.7. The van der Waals surface area contributed by atoms with E-state index >= 15 is 0 Å². The van der Waals surface area contributed by atoms with Crippen molar-refractivity contribution >= 4 is 16.0 Å². The first-order valence-corrected chi connectivity index (χ1v) is 9.90. The average molecular weight is 356 g/mol. The number of carbonyl (C=O) groups is 1. The van der Waals surface area contributed by atoms with Gasteiger partial charge in [0.25, 0.3) is 0 Å². The molecule has 0 aromatic heterocycles. The summed E-state index contributed by atoms with van der Waals surface area (Å²) in [6.45, 7) is 11.9. The van der Waals surface area contributed by atoms with Gasteiger partial charge in [0.15, 0.2) is 0 Å². The van der Waals surface area contributed by atoms with E-state index < -0.39 is 15.5 Å². The molecule has 0 spiro atoms. The third-order valence-corrected chi connectivity index (χ3v) is 5.03. The Balaban J connectivity index is 2.94. The van der Waals surface area contributed by atoms with Crippen LogP contribution in [-0.2, 0) is 21.5 Å². The van der Waals surface area contributed by atoms with Crippen LogP contribution in [-0.4, -0.2) is 31.0 Å². The van der Waals surface area contributed by atoms with Crippen molar-refractivity contribution in [3.63, 3.8) is 0 Å². The largest absolute Gasteiger partial charge is 0.382 e. The lowest BCUT2D eigenvalue weighted by molar-refractivity contribution is -0.142. The summed E-state index contributed by atoms with van der Waals surface area (Å²) >= 11 is 0. The van der Waals surface area contributed by atoms with Crippen molar-refractivity contribution in [3.8, 4) is 5.75 Å². The van der Waals surface area contributed by atoms with Gasteiger partial charge in [0.1, 0.15) is 5.75 Å². The average Bonchev–Trinajstić information content (AvgIpc) is 2.51. The summed E-state index contributed by atoms with van der Waals surface area (Å²) in [5, 5.41) is 0. The fourth-order valence-corrected chi connectivity index (χ4v) is 2.65. The highest BCUT2D eigenvalue weighted by Gasteiger charge is 2.29. The summed E-state index contributed by atoms with van der Waals surface area (Å²) in [5.41, 5.74) is 0.496.